The van der Waals surface area contributed by atoms with Gasteiger partial charge >= 0.3 is 17.9 Å². The molecule has 0 saturated heterocycles. The fourth-order valence-corrected chi connectivity index (χ4v) is 10.8. The highest BCUT2D eigenvalue weighted by atomic mass is 16.6. The van der Waals surface area contributed by atoms with E-state index in [9.17, 15) is 14.4 Å². The maximum Gasteiger partial charge on any atom is 0.306 e. The first-order valence-corrected chi connectivity index (χ1v) is 35.3. The summed E-state index contributed by atoms with van der Waals surface area (Å²) in [6.07, 6.45) is 82.3. The number of hydrogen-bond acceptors (Lipinski definition) is 6. The van der Waals surface area contributed by atoms with Gasteiger partial charge in [0.1, 0.15) is 13.2 Å². The Labute approximate surface area is 487 Å². The summed E-state index contributed by atoms with van der Waals surface area (Å²) in [6.45, 7) is 6.69. The summed E-state index contributed by atoms with van der Waals surface area (Å²) in [5.74, 6) is -0.848. The summed E-state index contributed by atoms with van der Waals surface area (Å²) in [5, 5.41) is 0. The smallest absolute Gasteiger partial charge is 0.306 e. The molecule has 0 aliphatic carbocycles. The molecule has 6 heteroatoms. The Morgan fingerprint density at radius 3 is 0.641 bits per heavy atom. The molecule has 78 heavy (non-hydrogen) atoms. The highest BCUT2D eigenvalue weighted by molar-refractivity contribution is 5.71. The summed E-state index contributed by atoms with van der Waals surface area (Å²) in [7, 11) is 0. The molecule has 460 valence electrons. The molecule has 0 N–H and O–H groups in total. The predicted octanol–water partition coefficient (Wildman–Crippen LogP) is 24.2. The first-order valence-electron chi connectivity index (χ1n) is 35.3. The van der Waals surface area contributed by atoms with Crippen LogP contribution in [-0.4, -0.2) is 37.2 Å². The van der Waals surface area contributed by atoms with Crippen LogP contribution in [0.1, 0.15) is 400 Å². The van der Waals surface area contributed by atoms with Gasteiger partial charge in [-0.2, -0.15) is 0 Å². The second-order valence-electron chi connectivity index (χ2n) is 24.1. The third-order valence-electron chi connectivity index (χ3n) is 16.2. The Kier molecular flexibility index (Phi) is 65.6. The summed E-state index contributed by atoms with van der Waals surface area (Å²) in [5.41, 5.74) is 0. The molecule has 0 aromatic rings. The quantitative estimate of drug-likeness (QED) is 0.0261. The van der Waals surface area contributed by atoms with Crippen molar-refractivity contribution in [2.75, 3.05) is 13.2 Å². The lowest BCUT2D eigenvalue weighted by Crippen LogP contribution is -2.30. The van der Waals surface area contributed by atoms with Crippen LogP contribution in [0.3, 0.4) is 0 Å². The van der Waals surface area contributed by atoms with Crippen molar-refractivity contribution < 1.29 is 28.6 Å². The Hall–Kier alpha value is -2.11. The second-order valence-corrected chi connectivity index (χ2v) is 24.1. The Morgan fingerprint density at radius 2 is 0.423 bits per heavy atom. The largest absolute Gasteiger partial charge is 0.462 e. The average Bonchev–Trinajstić information content (AvgIpc) is 3.44. The van der Waals surface area contributed by atoms with Crippen LogP contribution >= 0.6 is 0 Å². The molecule has 0 heterocycles. The minimum Gasteiger partial charge on any atom is -0.462 e. The van der Waals surface area contributed by atoms with Crippen molar-refractivity contribution in [3.8, 4) is 0 Å². The average molecular weight is 1100 g/mol. The number of ether oxygens (including phenoxy) is 3. The van der Waals surface area contributed by atoms with Gasteiger partial charge in [0.2, 0.25) is 0 Å². The van der Waals surface area contributed by atoms with Gasteiger partial charge in [-0.25, -0.2) is 0 Å². The lowest BCUT2D eigenvalue weighted by Gasteiger charge is -2.18. The van der Waals surface area contributed by atoms with Crippen LogP contribution in [0.4, 0.5) is 0 Å². The molecule has 0 saturated carbocycles. The topological polar surface area (TPSA) is 78.9 Å². The van der Waals surface area contributed by atoms with Gasteiger partial charge in [-0.05, 0) is 70.6 Å². The molecule has 0 rings (SSSR count). The Morgan fingerprint density at radius 1 is 0.244 bits per heavy atom. The zero-order valence-corrected chi connectivity index (χ0v) is 53.0. The van der Waals surface area contributed by atoms with Crippen molar-refractivity contribution in [2.45, 2.75) is 406 Å². The zero-order chi connectivity index (χ0) is 56.4. The molecule has 0 aliphatic heterocycles. The highest BCUT2D eigenvalue weighted by Crippen LogP contribution is 2.19. The minimum atomic E-state index is -0.771. The van der Waals surface area contributed by atoms with E-state index in [-0.39, 0.29) is 31.1 Å². The Bertz CT molecular complexity index is 1260. The summed E-state index contributed by atoms with van der Waals surface area (Å²) in [6, 6.07) is 0. The number of rotatable bonds is 66. The number of hydrogen-bond donors (Lipinski definition) is 0. The number of carbonyl (C=O) groups is 3. The minimum absolute atomic E-state index is 0.0683. The van der Waals surface area contributed by atoms with E-state index in [1.54, 1.807) is 0 Å². The molecule has 0 amide bonds. The van der Waals surface area contributed by atoms with Crippen molar-refractivity contribution in [3.05, 3.63) is 24.3 Å². The normalized spacial score (nSPS) is 12.1. The van der Waals surface area contributed by atoms with E-state index in [2.05, 4.69) is 45.1 Å². The van der Waals surface area contributed by atoms with Gasteiger partial charge in [0.15, 0.2) is 6.10 Å². The molecule has 0 aliphatic rings. The molecule has 0 bridgehead atoms. The van der Waals surface area contributed by atoms with Gasteiger partial charge in [0.25, 0.3) is 0 Å². The van der Waals surface area contributed by atoms with Crippen molar-refractivity contribution in [2.24, 2.45) is 0 Å². The fourth-order valence-electron chi connectivity index (χ4n) is 10.8. The third-order valence-corrected chi connectivity index (χ3v) is 16.2. The number of carbonyl (C=O) groups excluding carboxylic acids is 3. The molecule has 1 unspecified atom stereocenters. The van der Waals surface area contributed by atoms with Crippen LogP contribution in [0.2, 0.25) is 0 Å². The van der Waals surface area contributed by atoms with Crippen LogP contribution in [0.5, 0.6) is 0 Å². The van der Waals surface area contributed by atoms with Crippen LogP contribution in [0.25, 0.3) is 0 Å². The van der Waals surface area contributed by atoms with Crippen molar-refractivity contribution in [1.82, 2.24) is 0 Å². The van der Waals surface area contributed by atoms with Gasteiger partial charge in [-0.15, -0.1) is 0 Å². The monoisotopic (exact) mass is 1100 g/mol. The second kappa shape index (κ2) is 67.4. The molecular formula is C72H136O6. The first kappa shape index (κ1) is 75.9. The molecule has 0 fully saturated rings. The highest BCUT2D eigenvalue weighted by Gasteiger charge is 2.19. The number of esters is 3. The predicted molar refractivity (Wildman–Crippen MR) is 340 cm³/mol. The van der Waals surface area contributed by atoms with E-state index in [1.165, 1.54) is 295 Å². The summed E-state index contributed by atoms with van der Waals surface area (Å²) < 4.78 is 16.9. The van der Waals surface area contributed by atoms with Crippen LogP contribution in [-0.2, 0) is 28.6 Å². The van der Waals surface area contributed by atoms with Gasteiger partial charge in [-0.1, -0.05) is 334 Å². The maximum absolute atomic E-state index is 12.9. The van der Waals surface area contributed by atoms with Gasteiger partial charge in [0.05, 0.1) is 0 Å². The van der Waals surface area contributed by atoms with Gasteiger partial charge in [0, 0.05) is 19.3 Å². The molecule has 1 atom stereocenters. The van der Waals surface area contributed by atoms with E-state index in [0.29, 0.717) is 19.3 Å². The van der Waals surface area contributed by atoms with Gasteiger partial charge < -0.3 is 14.2 Å². The van der Waals surface area contributed by atoms with E-state index in [0.717, 1.165) is 64.2 Å². The maximum atomic E-state index is 12.9. The lowest BCUT2D eigenvalue weighted by atomic mass is 10.0. The van der Waals surface area contributed by atoms with E-state index < -0.39 is 6.10 Å². The van der Waals surface area contributed by atoms with Crippen LogP contribution in [0, 0.1) is 0 Å². The third kappa shape index (κ3) is 64.7. The number of unbranched alkanes of at least 4 members (excludes halogenated alkanes) is 51. The van der Waals surface area contributed by atoms with E-state index in [1.807, 2.05) is 0 Å². The summed E-state index contributed by atoms with van der Waals surface area (Å²) in [4.78, 5) is 38.3. The number of allylic oxidation sites excluding steroid dienone is 4. The van der Waals surface area contributed by atoms with Crippen LogP contribution in [0.15, 0.2) is 24.3 Å². The molecular weight excluding hydrogens is 961 g/mol. The van der Waals surface area contributed by atoms with Crippen molar-refractivity contribution in [1.29, 1.82) is 0 Å². The molecule has 6 nitrogen and oxygen atoms in total. The van der Waals surface area contributed by atoms with E-state index >= 15 is 0 Å². The SMILES string of the molecule is CCCCCCC/C=C\CCCCCCCC(=O)OC(COC(=O)CCCCCCCCCCCCCCC)COC(=O)CCCCCCCCCCCCCCCCCCCCCCC/C=C\CCCCCCCCCC. The standard InChI is InChI=1S/C72H136O6/c1-4-7-10-13-16-19-22-25-27-28-29-30-31-32-33-34-35-36-37-38-39-40-41-42-43-44-45-48-50-53-56-59-62-65-71(74)77-68-69(67-76-70(73)64-61-58-55-52-49-46-24-21-18-15-12-9-6-3)78-72(75)66-63-60-57-54-51-47-26-23-20-17-14-11-8-5-2/h23,26,28-29,69H,4-22,24-25,27,30-68H2,1-3H3/b26-23-,29-28-. The first-order chi connectivity index (χ1) is 38.5. The summed E-state index contributed by atoms with van der Waals surface area (Å²) >= 11 is 0. The molecule has 0 spiro atoms. The molecule has 0 aromatic carbocycles. The van der Waals surface area contributed by atoms with Crippen LogP contribution < -0.4 is 0 Å². The fraction of sp³-hybridized carbons (Fsp3) is 0.903. The van der Waals surface area contributed by atoms with E-state index in [4.69, 9.17) is 14.2 Å². The lowest BCUT2D eigenvalue weighted by molar-refractivity contribution is -0.167. The zero-order valence-electron chi connectivity index (χ0n) is 53.0. The molecule has 0 aromatic heterocycles. The molecule has 0 radical (unpaired) electrons. The van der Waals surface area contributed by atoms with Crippen molar-refractivity contribution >= 4 is 17.9 Å². The van der Waals surface area contributed by atoms with Crippen molar-refractivity contribution in [3.63, 3.8) is 0 Å². The Balaban J connectivity index is 4.05. The van der Waals surface area contributed by atoms with Gasteiger partial charge in [-0.3, -0.25) is 14.4 Å².